The maximum absolute atomic E-state index is 6.33. The van der Waals surface area contributed by atoms with Crippen molar-refractivity contribution in [3.8, 4) is 5.75 Å². The van der Waals surface area contributed by atoms with Gasteiger partial charge in [-0.2, -0.15) is 0 Å². The van der Waals surface area contributed by atoms with Gasteiger partial charge in [-0.1, -0.05) is 28.1 Å². The summed E-state index contributed by atoms with van der Waals surface area (Å²) in [7, 11) is 1.64. The second kappa shape index (κ2) is 6.16. The Morgan fingerprint density at radius 3 is 2.95 bits per heavy atom. The maximum atomic E-state index is 6.33. The molecule has 0 spiro atoms. The fraction of sp³-hybridized carbons (Fsp3) is 0.385. The molecule has 0 aliphatic heterocycles. The van der Waals surface area contributed by atoms with Crippen molar-refractivity contribution in [3.63, 3.8) is 0 Å². The lowest BCUT2D eigenvalue weighted by atomic mass is 10.0. The zero-order valence-corrected chi connectivity index (χ0v) is 12.6. The van der Waals surface area contributed by atoms with Crippen LogP contribution in [0.15, 0.2) is 28.9 Å². The average molecular weight is 325 g/mol. The van der Waals surface area contributed by atoms with Crippen molar-refractivity contribution in [2.75, 3.05) is 7.11 Å². The topological polar surface area (TPSA) is 66.0 Å². The van der Waals surface area contributed by atoms with Gasteiger partial charge < -0.3 is 10.5 Å². The molecule has 0 aliphatic carbocycles. The van der Waals surface area contributed by atoms with Crippen LogP contribution < -0.4 is 10.5 Å². The van der Waals surface area contributed by atoms with Crippen LogP contribution in [0, 0.1) is 0 Å². The van der Waals surface area contributed by atoms with E-state index in [4.69, 9.17) is 10.5 Å². The van der Waals surface area contributed by atoms with Gasteiger partial charge in [-0.25, -0.2) is 4.68 Å². The van der Waals surface area contributed by atoms with Gasteiger partial charge in [0.25, 0.3) is 0 Å². The highest BCUT2D eigenvalue weighted by Gasteiger charge is 2.17. The van der Waals surface area contributed by atoms with Crippen LogP contribution in [-0.2, 0) is 6.54 Å². The highest BCUT2D eigenvalue weighted by molar-refractivity contribution is 9.10. The predicted octanol–water partition coefficient (Wildman–Crippen LogP) is 2.51. The lowest BCUT2D eigenvalue weighted by Gasteiger charge is -2.16. The highest BCUT2D eigenvalue weighted by atomic mass is 79.9. The summed E-state index contributed by atoms with van der Waals surface area (Å²) in [4.78, 5) is 0. The first-order chi connectivity index (χ1) is 9.17. The van der Waals surface area contributed by atoms with E-state index < -0.39 is 0 Å². The molecule has 2 aromatic rings. The summed E-state index contributed by atoms with van der Waals surface area (Å²) >= 11 is 3.52. The molecule has 19 heavy (non-hydrogen) atoms. The van der Waals surface area contributed by atoms with E-state index in [9.17, 15) is 0 Å². The van der Waals surface area contributed by atoms with E-state index in [1.165, 1.54) is 0 Å². The molecule has 0 aliphatic rings. The quantitative estimate of drug-likeness (QED) is 0.917. The third-order valence-electron chi connectivity index (χ3n) is 2.94. The number of halogens is 1. The van der Waals surface area contributed by atoms with Crippen LogP contribution in [0.5, 0.6) is 5.75 Å². The Morgan fingerprint density at radius 2 is 2.26 bits per heavy atom. The van der Waals surface area contributed by atoms with Crippen LogP contribution in [0.4, 0.5) is 0 Å². The summed E-state index contributed by atoms with van der Waals surface area (Å²) in [5, 5.41) is 8.01. The molecule has 0 saturated heterocycles. The molecule has 2 N–H and O–H groups in total. The lowest BCUT2D eigenvalue weighted by molar-refractivity contribution is 0.413. The minimum Gasteiger partial charge on any atom is -0.497 e. The molecule has 1 atom stereocenters. The Balaban J connectivity index is 2.37. The van der Waals surface area contributed by atoms with Gasteiger partial charge in [-0.15, -0.1) is 5.10 Å². The third-order valence-corrected chi connectivity index (χ3v) is 3.66. The van der Waals surface area contributed by atoms with E-state index >= 15 is 0 Å². The molecule has 1 aromatic heterocycles. The third kappa shape index (κ3) is 2.96. The first-order valence-corrected chi connectivity index (χ1v) is 6.94. The van der Waals surface area contributed by atoms with Crippen LogP contribution >= 0.6 is 15.9 Å². The van der Waals surface area contributed by atoms with Crippen molar-refractivity contribution in [2.24, 2.45) is 5.73 Å². The van der Waals surface area contributed by atoms with E-state index in [2.05, 4.69) is 33.2 Å². The van der Waals surface area contributed by atoms with Gasteiger partial charge in [0, 0.05) is 11.0 Å². The summed E-state index contributed by atoms with van der Waals surface area (Å²) in [5.74, 6) is 0.781. The first kappa shape index (κ1) is 14.0. The van der Waals surface area contributed by atoms with Crippen LogP contribution in [0.3, 0.4) is 0 Å². The highest BCUT2D eigenvalue weighted by Crippen LogP contribution is 2.29. The number of methoxy groups -OCH3 is 1. The molecule has 1 aromatic carbocycles. The van der Waals surface area contributed by atoms with Crippen molar-refractivity contribution in [1.82, 2.24) is 15.0 Å². The van der Waals surface area contributed by atoms with Gasteiger partial charge in [0.15, 0.2) is 0 Å². The molecule has 6 heteroatoms. The predicted molar refractivity (Wildman–Crippen MR) is 77.0 cm³/mol. The maximum Gasteiger partial charge on any atom is 0.119 e. The van der Waals surface area contributed by atoms with Crippen LogP contribution in [-0.4, -0.2) is 22.1 Å². The zero-order chi connectivity index (χ0) is 13.8. The van der Waals surface area contributed by atoms with Crippen LogP contribution in [0.1, 0.15) is 30.6 Å². The van der Waals surface area contributed by atoms with Gasteiger partial charge in [-0.05, 0) is 30.2 Å². The van der Waals surface area contributed by atoms with Crippen LogP contribution in [0.25, 0.3) is 0 Å². The Morgan fingerprint density at radius 1 is 1.47 bits per heavy atom. The number of nitrogens with two attached hydrogens (primary N) is 1. The van der Waals surface area contributed by atoms with Crippen molar-refractivity contribution >= 4 is 15.9 Å². The van der Waals surface area contributed by atoms with E-state index in [1.807, 2.05) is 22.9 Å². The standard InChI is InChI=1S/C13H17BrN4O/c1-3-6-18-12(8-16-17-18)13(15)10-7-9(19-2)4-5-11(10)14/h4-5,7-8,13H,3,6,15H2,1-2H3. The van der Waals surface area contributed by atoms with Gasteiger partial charge in [0.2, 0.25) is 0 Å². The largest absolute Gasteiger partial charge is 0.497 e. The monoisotopic (exact) mass is 324 g/mol. The molecular formula is C13H17BrN4O. The summed E-state index contributed by atoms with van der Waals surface area (Å²) < 4.78 is 8.03. The number of rotatable bonds is 5. The second-order valence-electron chi connectivity index (χ2n) is 4.25. The van der Waals surface area contributed by atoms with Crippen LogP contribution in [0.2, 0.25) is 0 Å². The summed E-state index contributed by atoms with van der Waals surface area (Å²) in [6.07, 6.45) is 2.70. The second-order valence-corrected chi connectivity index (χ2v) is 5.10. The Labute approximate surface area is 120 Å². The molecule has 2 rings (SSSR count). The number of ether oxygens (including phenoxy) is 1. The van der Waals surface area contributed by atoms with Gasteiger partial charge in [0.1, 0.15) is 5.75 Å². The van der Waals surface area contributed by atoms with Crippen molar-refractivity contribution in [2.45, 2.75) is 25.9 Å². The summed E-state index contributed by atoms with van der Waals surface area (Å²) in [5.41, 5.74) is 8.19. The number of hydrogen-bond acceptors (Lipinski definition) is 4. The summed E-state index contributed by atoms with van der Waals surface area (Å²) in [6.45, 7) is 2.91. The van der Waals surface area contributed by atoms with Crippen molar-refractivity contribution < 1.29 is 4.74 Å². The number of hydrogen-bond donors (Lipinski definition) is 1. The molecule has 102 valence electrons. The molecule has 0 amide bonds. The molecule has 0 radical (unpaired) electrons. The average Bonchev–Trinajstić information content (AvgIpc) is 2.87. The molecule has 1 unspecified atom stereocenters. The smallest absolute Gasteiger partial charge is 0.119 e. The van der Waals surface area contributed by atoms with E-state index in [1.54, 1.807) is 13.3 Å². The summed E-state index contributed by atoms with van der Waals surface area (Å²) in [6, 6.07) is 5.47. The van der Waals surface area contributed by atoms with Gasteiger partial charge >= 0.3 is 0 Å². The van der Waals surface area contributed by atoms with Gasteiger partial charge in [-0.3, -0.25) is 0 Å². The molecule has 5 nitrogen and oxygen atoms in total. The van der Waals surface area contributed by atoms with Crippen molar-refractivity contribution in [3.05, 3.63) is 40.1 Å². The molecule has 0 fully saturated rings. The molecular weight excluding hydrogens is 308 g/mol. The number of benzene rings is 1. The van der Waals surface area contributed by atoms with Crippen molar-refractivity contribution in [1.29, 1.82) is 0 Å². The Kier molecular flexibility index (Phi) is 4.55. The van der Waals surface area contributed by atoms with Gasteiger partial charge in [0.05, 0.1) is 25.0 Å². The Bertz CT molecular complexity index is 555. The minimum absolute atomic E-state index is 0.286. The van der Waals surface area contributed by atoms with E-state index in [0.717, 1.165) is 34.4 Å². The fourth-order valence-corrected chi connectivity index (χ4v) is 2.43. The zero-order valence-electron chi connectivity index (χ0n) is 11.0. The van der Waals surface area contributed by atoms with E-state index in [0.29, 0.717) is 0 Å². The Hall–Kier alpha value is -1.40. The van der Waals surface area contributed by atoms with E-state index in [-0.39, 0.29) is 6.04 Å². The molecule has 1 heterocycles. The SMILES string of the molecule is CCCn1nncc1C(N)c1cc(OC)ccc1Br. The molecule has 0 bridgehead atoms. The lowest BCUT2D eigenvalue weighted by Crippen LogP contribution is -2.18. The number of aryl methyl sites for hydroxylation is 1. The number of aromatic nitrogens is 3. The fourth-order valence-electron chi connectivity index (χ4n) is 1.94. The molecule has 0 saturated carbocycles. The number of nitrogens with zero attached hydrogens (tertiary/aromatic N) is 3. The first-order valence-electron chi connectivity index (χ1n) is 6.14. The normalized spacial score (nSPS) is 12.4. The minimum atomic E-state index is -0.286.